The third-order valence-corrected chi connectivity index (χ3v) is 8.07. The fourth-order valence-corrected chi connectivity index (χ4v) is 5.80. The van der Waals surface area contributed by atoms with E-state index in [-0.39, 0.29) is 12.3 Å². The molecular formula is C27H30N4O3S. The van der Waals surface area contributed by atoms with Crippen LogP contribution < -0.4 is 10.2 Å². The van der Waals surface area contributed by atoms with E-state index in [1.54, 1.807) is 0 Å². The molecular weight excluding hydrogens is 460 g/mol. The molecule has 0 radical (unpaired) electrons. The van der Waals surface area contributed by atoms with Gasteiger partial charge in [-0.2, -0.15) is 0 Å². The summed E-state index contributed by atoms with van der Waals surface area (Å²) in [5, 5.41) is 15.3. The van der Waals surface area contributed by atoms with Crippen molar-refractivity contribution in [3.05, 3.63) is 70.0 Å². The number of amides is 1. The van der Waals surface area contributed by atoms with E-state index < -0.39 is 11.4 Å². The van der Waals surface area contributed by atoms with Crippen LogP contribution in [0.3, 0.4) is 0 Å². The maximum atomic E-state index is 13.2. The maximum Gasteiger partial charge on any atom is 0.304 e. The molecule has 0 bridgehead atoms. The van der Waals surface area contributed by atoms with Gasteiger partial charge in [0, 0.05) is 35.8 Å². The molecule has 2 aliphatic rings. The molecule has 5 rings (SSSR count). The van der Waals surface area contributed by atoms with Gasteiger partial charge in [0.25, 0.3) is 0 Å². The number of aromatic nitrogens is 1. The van der Waals surface area contributed by atoms with Crippen molar-refractivity contribution < 1.29 is 14.7 Å². The van der Waals surface area contributed by atoms with Gasteiger partial charge >= 0.3 is 5.97 Å². The average Bonchev–Trinajstić information content (AvgIpc) is 3.41. The second-order valence-electron chi connectivity index (χ2n) is 9.85. The standard InChI is InChI=1S/C27H30N4O3S/c1-30(2)22-15-31(16-22)21-9-7-18(8-10-21)23-17-35-24(29-23)14-28-26(34)27(13-25(32)33)11-19-5-3-4-6-20(19)12-27/h3-10,17,22H,11-16H2,1-2H3,(H,28,34)(H,32,33). The summed E-state index contributed by atoms with van der Waals surface area (Å²) in [4.78, 5) is 34.1. The van der Waals surface area contributed by atoms with Crippen LogP contribution in [-0.4, -0.2) is 60.1 Å². The molecule has 0 atom stereocenters. The monoisotopic (exact) mass is 490 g/mol. The largest absolute Gasteiger partial charge is 0.481 e. The molecule has 2 heterocycles. The summed E-state index contributed by atoms with van der Waals surface area (Å²) in [5.74, 6) is -1.17. The summed E-state index contributed by atoms with van der Waals surface area (Å²) in [6, 6.07) is 16.9. The van der Waals surface area contributed by atoms with Crippen molar-refractivity contribution in [3.63, 3.8) is 0 Å². The average molecular weight is 491 g/mol. The van der Waals surface area contributed by atoms with Crippen molar-refractivity contribution in [3.8, 4) is 11.3 Å². The zero-order valence-electron chi connectivity index (χ0n) is 20.0. The first kappa shape index (κ1) is 23.5. The van der Waals surface area contributed by atoms with E-state index in [0.717, 1.165) is 40.5 Å². The minimum atomic E-state index is -0.955. The second kappa shape index (κ2) is 9.43. The smallest absolute Gasteiger partial charge is 0.304 e. The van der Waals surface area contributed by atoms with Gasteiger partial charge in [-0.25, -0.2) is 4.98 Å². The summed E-state index contributed by atoms with van der Waals surface area (Å²) in [5.41, 5.74) is 4.30. The Balaban J connectivity index is 1.21. The number of nitrogens with one attached hydrogen (secondary N) is 1. The molecule has 0 saturated carbocycles. The molecule has 1 aromatic heterocycles. The topological polar surface area (TPSA) is 85.8 Å². The molecule has 1 saturated heterocycles. The predicted molar refractivity (Wildman–Crippen MR) is 138 cm³/mol. The molecule has 35 heavy (non-hydrogen) atoms. The number of carbonyl (C=O) groups excluding carboxylic acids is 1. The van der Waals surface area contributed by atoms with Gasteiger partial charge in [0.05, 0.1) is 24.1 Å². The lowest BCUT2D eigenvalue weighted by Gasteiger charge is -2.44. The number of anilines is 1. The van der Waals surface area contributed by atoms with Gasteiger partial charge in [0.15, 0.2) is 0 Å². The Morgan fingerprint density at radius 2 is 1.77 bits per heavy atom. The first-order valence-corrected chi connectivity index (χ1v) is 12.7. The Bertz CT molecular complexity index is 1210. The van der Waals surface area contributed by atoms with Crippen molar-refractivity contribution in [1.82, 2.24) is 15.2 Å². The highest BCUT2D eigenvalue weighted by molar-refractivity contribution is 7.09. The molecule has 0 spiro atoms. The third-order valence-electron chi connectivity index (χ3n) is 7.22. The number of fused-ring (bicyclic) bond motifs is 1. The highest BCUT2D eigenvalue weighted by Gasteiger charge is 2.45. The summed E-state index contributed by atoms with van der Waals surface area (Å²) in [6.45, 7) is 2.38. The van der Waals surface area contributed by atoms with Crippen LogP contribution in [0, 0.1) is 5.41 Å². The normalized spacial score (nSPS) is 16.7. The van der Waals surface area contributed by atoms with Gasteiger partial charge in [-0.05, 0) is 50.2 Å². The van der Waals surface area contributed by atoms with Crippen LogP contribution >= 0.6 is 11.3 Å². The molecule has 8 heteroatoms. The number of likely N-dealkylation sites (N-methyl/N-ethyl adjacent to an activating group) is 1. The Hall–Kier alpha value is -3.23. The van der Waals surface area contributed by atoms with Crippen LogP contribution in [0.15, 0.2) is 53.9 Å². The molecule has 2 N–H and O–H groups in total. The third kappa shape index (κ3) is 4.81. The molecule has 3 aromatic rings. The van der Waals surface area contributed by atoms with Crippen molar-refractivity contribution in [2.45, 2.75) is 31.8 Å². The van der Waals surface area contributed by atoms with E-state index >= 15 is 0 Å². The first-order valence-electron chi connectivity index (χ1n) is 11.9. The lowest BCUT2D eigenvalue weighted by molar-refractivity contribution is -0.145. The van der Waals surface area contributed by atoms with Gasteiger partial charge < -0.3 is 20.2 Å². The minimum Gasteiger partial charge on any atom is -0.481 e. The number of hydrogen-bond acceptors (Lipinski definition) is 6. The van der Waals surface area contributed by atoms with E-state index in [4.69, 9.17) is 4.98 Å². The van der Waals surface area contributed by atoms with Crippen molar-refractivity contribution >= 4 is 28.9 Å². The van der Waals surface area contributed by atoms with Gasteiger partial charge in [0.1, 0.15) is 5.01 Å². The Kier molecular flexibility index (Phi) is 6.34. The molecule has 2 aromatic carbocycles. The van der Waals surface area contributed by atoms with Crippen LogP contribution in [0.1, 0.15) is 22.6 Å². The lowest BCUT2D eigenvalue weighted by atomic mass is 9.80. The fourth-order valence-electron chi connectivity index (χ4n) is 5.05. The van der Waals surface area contributed by atoms with Crippen LogP contribution in [-0.2, 0) is 29.0 Å². The van der Waals surface area contributed by atoms with E-state index in [0.29, 0.717) is 25.4 Å². The number of rotatable bonds is 8. The van der Waals surface area contributed by atoms with Crippen molar-refractivity contribution in [1.29, 1.82) is 0 Å². The van der Waals surface area contributed by atoms with Crippen LogP contribution in [0.2, 0.25) is 0 Å². The number of carboxylic acid groups (broad SMARTS) is 1. The fraction of sp³-hybridized carbons (Fsp3) is 0.370. The Morgan fingerprint density at radius 1 is 1.11 bits per heavy atom. The second-order valence-corrected chi connectivity index (χ2v) is 10.8. The molecule has 1 aliphatic heterocycles. The van der Waals surface area contributed by atoms with Crippen LogP contribution in [0.5, 0.6) is 0 Å². The lowest BCUT2D eigenvalue weighted by Crippen LogP contribution is -2.57. The number of aliphatic carboxylic acids is 1. The zero-order valence-corrected chi connectivity index (χ0v) is 20.8. The molecule has 1 fully saturated rings. The number of benzene rings is 2. The molecule has 182 valence electrons. The maximum absolute atomic E-state index is 13.2. The molecule has 0 unspecified atom stereocenters. The highest BCUT2D eigenvalue weighted by Crippen LogP contribution is 2.40. The summed E-state index contributed by atoms with van der Waals surface area (Å²) < 4.78 is 0. The van der Waals surface area contributed by atoms with E-state index in [2.05, 4.69) is 53.5 Å². The van der Waals surface area contributed by atoms with Crippen LogP contribution in [0.4, 0.5) is 5.69 Å². The van der Waals surface area contributed by atoms with Gasteiger partial charge in [-0.15, -0.1) is 11.3 Å². The summed E-state index contributed by atoms with van der Waals surface area (Å²) >= 11 is 1.50. The Labute approximate surface area is 209 Å². The number of hydrogen-bond donors (Lipinski definition) is 2. The number of carbonyl (C=O) groups is 2. The quantitative estimate of drug-likeness (QED) is 0.503. The van der Waals surface area contributed by atoms with E-state index in [1.165, 1.54) is 17.0 Å². The van der Waals surface area contributed by atoms with Gasteiger partial charge in [0.2, 0.25) is 5.91 Å². The van der Waals surface area contributed by atoms with E-state index in [1.807, 2.05) is 29.6 Å². The number of nitrogens with zero attached hydrogens (tertiary/aromatic N) is 3. The zero-order chi connectivity index (χ0) is 24.6. The van der Waals surface area contributed by atoms with Crippen LogP contribution in [0.25, 0.3) is 11.3 Å². The van der Waals surface area contributed by atoms with Gasteiger partial charge in [-0.1, -0.05) is 36.4 Å². The Morgan fingerprint density at radius 3 is 2.37 bits per heavy atom. The first-order chi connectivity index (χ1) is 16.8. The number of thiazole rings is 1. The van der Waals surface area contributed by atoms with Crippen molar-refractivity contribution in [2.75, 3.05) is 32.1 Å². The molecule has 1 aliphatic carbocycles. The van der Waals surface area contributed by atoms with Crippen molar-refractivity contribution in [2.24, 2.45) is 5.41 Å². The van der Waals surface area contributed by atoms with Gasteiger partial charge in [-0.3, -0.25) is 9.59 Å². The molecule has 7 nitrogen and oxygen atoms in total. The predicted octanol–water partition coefficient (Wildman–Crippen LogP) is 3.44. The highest BCUT2D eigenvalue weighted by atomic mass is 32.1. The molecule has 1 amide bonds. The summed E-state index contributed by atoms with van der Waals surface area (Å²) in [7, 11) is 4.23. The van der Waals surface area contributed by atoms with E-state index in [9.17, 15) is 14.7 Å². The minimum absolute atomic E-state index is 0.185. The SMILES string of the molecule is CN(C)C1CN(c2ccc(-c3csc(CNC(=O)C4(CC(=O)O)Cc5ccccc5C4)n3)cc2)C1. The number of carboxylic acids is 1. The summed E-state index contributed by atoms with van der Waals surface area (Å²) in [6.07, 6.45) is 0.710.